The van der Waals surface area contributed by atoms with E-state index < -0.39 is 23.2 Å². The first-order valence-electron chi connectivity index (χ1n) is 5.66. The smallest absolute Gasteiger partial charge is 0.344 e. The van der Waals surface area contributed by atoms with Crippen LogP contribution in [0.4, 0.5) is 14.5 Å². The normalized spacial score (nSPS) is 11.9. The molecular weight excluding hydrogens is 252 g/mol. The van der Waals surface area contributed by atoms with Crippen molar-refractivity contribution in [2.75, 3.05) is 12.3 Å². The summed E-state index contributed by atoms with van der Waals surface area (Å²) in [5.41, 5.74) is 4.96. The van der Waals surface area contributed by atoms with Crippen LogP contribution in [-0.2, 0) is 4.74 Å². The number of anilines is 1. The van der Waals surface area contributed by atoms with Gasteiger partial charge >= 0.3 is 5.97 Å². The van der Waals surface area contributed by atoms with E-state index in [1.54, 1.807) is 19.1 Å². The number of hydrogen-bond acceptors (Lipinski definition) is 3. The first kappa shape index (κ1) is 14.9. The molecule has 0 bridgehead atoms. The van der Waals surface area contributed by atoms with Crippen molar-refractivity contribution in [3.05, 3.63) is 53.1 Å². The zero-order valence-corrected chi connectivity index (χ0v) is 10.7. The number of esters is 1. The molecular formula is C14H15F2NO2. The fourth-order valence-electron chi connectivity index (χ4n) is 1.32. The predicted octanol–water partition coefficient (Wildman–Crippen LogP) is 3.23. The third kappa shape index (κ3) is 3.91. The summed E-state index contributed by atoms with van der Waals surface area (Å²) in [4.78, 5) is 11.6. The fourth-order valence-corrected chi connectivity index (χ4v) is 1.32. The minimum atomic E-state index is -1.10. The van der Waals surface area contributed by atoms with Gasteiger partial charge in [-0.1, -0.05) is 18.2 Å². The average Bonchev–Trinajstić information content (AvgIpc) is 2.38. The summed E-state index contributed by atoms with van der Waals surface area (Å²) in [5.74, 6) is -3.16. The number of benzene rings is 1. The molecule has 0 aliphatic rings. The quantitative estimate of drug-likeness (QED) is 0.517. The molecule has 1 aromatic carbocycles. The van der Waals surface area contributed by atoms with Crippen molar-refractivity contribution in [3.63, 3.8) is 0 Å². The first-order valence-corrected chi connectivity index (χ1v) is 5.66. The molecule has 0 amide bonds. The lowest BCUT2D eigenvalue weighted by Gasteiger charge is -2.08. The molecule has 1 rings (SSSR count). The Morgan fingerprint density at radius 1 is 1.42 bits per heavy atom. The van der Waals surface area contributed by atoms with Crippen LogP contribution in [0, 0.1) is 11.6 Å². The molecule has 0 aliphatic heterocycles. The van der Waals surface area contributed by atoms with Crippen molar-refractivity contribution < 1.29 is 18.3 Å². The molecule has 0 radical (unpaired) electrons. The Morgan fingerprint density at radius 3 is 2.74 bits per heavy atom. The highest BCUT2D eigenvalue weighted by molar-refractivity contribution is 5.91. The summed E-state index contributed by atoms with van der Waals surface area (Å²) >= 11 is 0. The molecule has 0 saturated carbocycles. The largest absolute Gasteiger partial charge is 0.457 e. The van der Waals surface area contributed by atoms with Crippen LogP contribution >= 0.6 is 0 Å². The molecule has 0 heterocycles. The fraction of sp³-hybridized carbons (Fsp3) is 0.214. The third-order valence-electron chi connectivity index (χ3n) is 2.33. The molecule has 2 N–H and O–H groups in total. The van der Waals surface area contributed by atoms with Crippen LogP contribution in [0.15, 0.2) is 35.9 Å². The lowest BCUT2D eigenvalue weighted by atomic mass is 10.1. The van der Waals surface area contributed by atoms with E-state index in [-0.39, 0.29) is 12.3 Å². The number of halogens is 2. The second kappa shape index (κ2) is 6.68. The lowest BCUT2D eigenvalue weighted by Crippen LogP contribution is -2.13. The highest BCUT2D eigenvalue weighted by atomic mass is 19.1. The van der Waals surface area contributed by atoms with Gasteiger partial charge in [-0.05, 0) is 31.6 Å². The van der Waals surface area contributed by atoms with Gasteiger partial charge in [-0.3, -0.25) is 0 Å². The molecule has 1 aromatic rings. The van der Waals surface area contributed by atoms with Gasteiger partial charge in [0.05, 0.1) is 5.69 Å². The van der Waals surface area contributed by atoms with Crippen molar-refractivity contribution in [3.8, 4) is 0 Å². The van der Waals surface area contributed by atoms with Gasteiger partial charge in [-0.2, -0.15) is 0 Å². The maximum absolute atomic E-state index is 13.5. The zero-order valence-electron chi connectivity index (χ0n) is 10.7. The Labute approximate surface area is 110 Å². The Morgan fingerprint density at radius 2 is 2.11 bits per heavy atom. The maximum atomic E-state index is 13.5. The summed E-state index contributed by atoms with van der Waals surface area (Å²) in [7, 11) is 0. The first-order chi connectivity index (χ1) is 8.97. The highest BCUT2D eigenvalue weighted by Gasteiger charge is 2.20. The van der Waals surface area contributed by atoms with Gasteiger partial charge in [-0.25, -0.2) is 13.6 Å². The number of allylic oxidation sites excluding steroid dienone is 3. The molecule has 0 unspecified atom stereocenters. The lowest BCUT2D eigenvalue weighted by molar-refractivity contribution is 0.0529. The van der Waals surface area contributed by atoms with Crippen LogP contribution < -0.4 is 5.73 Å². The molecule has 0 saturated heterocycles. The molecule has 0 spiro atoms. The molecule has 5 heteroatoms. The standard InChI is InChI=1S/C14H15F2NO2/c1-3-4-5-9(2)8-19-14(18)12-10(15)6-7-11(17)13(12)16/h3-7H,8,17H2,1-2H3. The topological polar surface area (TPSA) is 52.3 Å². The Balaban J connectivity index is 2.83. The van der Waals surface area contributed by atoms with E-state index in [9.17, 15) is 13.6 Å². The minimum Gasteiger partial charge on any atom is -0.457 e. The monoisotopic (exact) mass is 267 g/mol. The summed E-state index contributed by atoms with van der Waals surface area (Å²) in [6.45, 7) is 3.53. The van der Waals surface area contributed by atoms with Crippen LogP contribution in [0.5, 0.6) is 0 Å². The number of hydrogen-bond donors (Lipinski definition) is 1. The highest BCUT2D eigenvalue weighted by Crippen LogP contribution is 2.19. The van der Waals surface area contributed by atoms with E-state index in [0.717, 1.165) is 17.7 Å². The van der Waals surface area contributed by atoms with Crippen LogP contribution in [0.25, 0.3) is 0 Å². The van der Waals surface area contributed by atoms with E-state index in [2.05, 4.69) is 0 Å². The van der Waals surface area contributed by atoms with Crippen LogP contribution in [0.2, 0.25) is 0 Å². The molecule has 3 nitrogen and oxygen atoms in total. The predicted molar refractivity (Wildman–Crippen MR) is 69.6 cm³/mol. The molecule has 0 aromatic heterocycles. The number of ether oxygens (including phenoxy) is 1. The van der Waals surface area contributed by atoms with Crippen molar-refractivity contribution in [1.82, 2.24) is 0 Å². The number of nitrogen functional groups attached to an aromatic ring is 1. The Hall–Kier alpha value is -2.17. The Kier molecular flexibility index (Phi) is 5.23. The van der Waals surface area contributed by atoms with Crippen LogP contribution in [-0.4, -0.2) is 12.6 Å². The van der Waals surface area contributed by atoms with E-state index in [1.807, 2.05) is 13.0 Å². The molecule has 19 heavy (non-hydrogen) atoms. The molecule has 0 aliphatic carbocycles. The average molecular weight is 267 g/mol. The van der Waals surface area contributed by atoms with Crippen molar-refractivity contribution in [2.24, 2.45) is 0 Å². The van der Waals surface area contributed by atoms with E-state index >= 15 is 0 Å². The van der Waals surface area contributed by atoms with Gasteiger partial charge in [-0.15, -0.1) is 0 Å². The summed E-state index contributed by atoms with van der Waals surface area (Å²) in [6.07, 6.45) is 5.31. The van der Waals surface area contributed by atoms with Gasteiger partial charge < -0.3 is 10.5 Å². The summed E-state index contributed by atoms with van der Waals surface area (Å²) < 4.78 is 31.8. The summed E-state index contributed by atoms with van der Waals surface area (Å²) in [5, 5.41) is 0. The number of nitrogens with two attached hydrogens (primary N) is 1. The minimum absolute atomic E-state index is 0.0448. The number of carbonyl (C=O) groups excluding carboxylic acids is 1. The van der Waals surface area contributed by atoms with E-state index in [1.165, 1.54) is 0 Å². The van der Waals surface area contributed by atoms with Gasteiger partial charge in [0.2, 0.25) is 0 Å². The van der Waals surface area contributed by atoms with E-state index in [4.69, 9.17) is 10.5 Å². The molecule has 102 valence electrons. The number of rotatable bonds is 4. The molecule has 0 atom stereocenters. The zero-order chi connectivity index (χ0) is 14.4. The van der Waals surface area contributed by atoms with Crippen molar-refractivity contribution in [2.45, 2.75) is 13.8 Å². The van der Waals surface area contributed by atoms with Gasteiger partial charge in [0.1, 0.15) is 18.0 Å². The second-order valence-corrected chi connectivity index (χ2v) is 3.94. The van der Waals surface area contributed by atoms with Crippen LogP contribution in [0.3, 0.4) is 0 Å². The van der Waals surface area contributed by atoms with Gasteiger partial charge in [0.25, 0.3) is 0 Å². The van der Waals surface area contributed by atoms with Gasteiger partial charge in [0.15, 0.2) is 5.82 Å². The number of carbonyl (C=O) groups is 1. The van der Waals surface area contributed by atoms with Crippen molar-refractivity contribution >= 4 is 11.7 Å². The molecule has 0 fully saturated rings. The third-order valence-corrected chi connectivity index (χ3v) is 2.33. The Bertz CT molecular complexity index is 536. The summed E-state index contributed by atoms with van der Waals surface area (Å²) in [6, 6.07) is 1.98. The second-order valence-electron chi connectivity index (χ2n) is 3.94. The van der Waals surface area contributed by atoms with Gasteiger partial charge in [0, 0.05) is 0 Å². The maximum Gasteiger partial charge on any atom is 0.344 e. The van der Waals surface area contributed by atoms with E-state index in [0.29, 0.717) is 0 Å². The van der Waals surface area contributed by atoms with Crippen molar-refractivity contribution in [1.29, 1.82) is 0 Å². The van der Waals surface area contributed by atoms with Crippen LogP contribution in [0.1, 0.15) is 24.2 Å². The SMILES string of the molecule is CC=CC=C(C)COC(=O)c1c(F)ccc(N)c1F.